The summed E-state index contributed by atoms with van der Waals surface area (Å²) in [4.78, 5) is 0. The molecule has 4 heteroatoms. The van der Waals surface area contributed by atoms with Gasteiger partial charge in [-0.1, -0.05) is 18.2 Å². The highest BCUT2D eigenvalue weighted by molar-refractivity contribution is 9.24. The third-order valence-corrected chi connectivity index (χ3v) is 2.27. The Kier molecular flexibility index (Phi) is 3.12. The van der Waals surface area contributed by atoms with Crippen molar-refractivity contribution < 1.29 is 9.13 Å². The summed E-state index contributed by atoms with van der Waals surface area (Å²) in [6, 6.07) is 6.87. The van der Waals surface area contributed by atoms with Gasteiger partial charge in [0.15, 0.2) is 0 Å². The second-order valence-corrected chi connectivity index (χ2v) is 5.45. The lowest BCUT2D eigenvalue weighted by atomic mass is 10.2. The normalized spacial score (nSPS) is 11.3. The van der Waals surface area contributed by atoms with Crippen molar-refractivity contribution in [2.45, 2.75) is 3.49 Å². The van der Waals surface area contributed by atoms with Crippen molar-refractivity contribution >= 4 is 31.9 Å². The number of hydrogen-bond donors (Lipinski definition) is 0. The van der Waals surface area contributed by atoms with Crippen molar-refractivity contribution in [1.82, 2.24) is 0 Å². The van der Waals surface area contributed by atoms with Gasteiger partial charge in [0.05, 0.1) is 12.7 Å². The number of benzene rings is 1. The Morgan fingerprint density at radius 3 is 2.33 bits per heavy atom. The van der Waals surface area contributed by atoms with E-state index in [0.29, 0.717) is 11.3 Å². The van der Waals surface area contributed by atoms with Crippen LogP contribution in [0.4, 0.5) is 4.39 Å². The van der Waals surface area contributed by atoms with E-state index in [1.54, 1.807) is 24.3 Å². The van der Waals surface area contributed by atoms with E-state index in [0.717, 1.165) is 0 Å². The SMILES string of the molecule is COc1ccccc1C(F)(Br)Br. The Hall–Kier alpha value is -0.0900. The fourth-order valence-electron chi connectivity index (χ4n) is 0.879. The molecule has 1 aromatic carbocycles. The van der Waals surface area contributed by atoms with Gasteiger partial charge in [-0.3, -0.25) is 0 Å². The summed E-state index contributed by atoms with van der Waals surface area (Å²) in [5, 5.41) is 0. The lowest BCUT2D eigenvalue weighted by molar-refractivity contribution is 0.383. The van der Waals surface area contributed by atoms with Crippen LogP contribution in [-0.2, 0) is 3.49 Å². The van der Waals surface area contributed by atoms with Gasteiger partial charge in [0.2, 0.25) is 3.49 Å². The second kappa shape index (κ2) is 3.75. The number of para-hydroxylation sites is 1. The molecular weight excluding hydrogens is 291 g/mol. The van der Waals surface area contributed by atoms with Crippen LogP contribution >= 0.6 is 31.9 Å². The summed E-state index contributed by atoms with van der Waals surface area (Å²) in [6.45, 7) is 0. The highest BCUT2D eigenvalue weighted by Crippen LogP contribution is 2.43. The Labute approximate surface area is 87.2 Å². The fourth-order valence-corrected chi connectivity index (χ4v) is 1.53. The van der Waals surface area contributed by atoms with Gasteiger partial charge in [0, 0.05) is 0 Å². The van der Waals surface area contributed by atoms with Gasteiger partial charge in [-0.15, -0.1) is 0 Å². The number of rotatable bonds is 2. The molecule has 0 aliphatic heterocycles. The van der Waals surface area contributed by atoms with Crippen LogP contribution in [-0.4, -0.2) is 7.11 Å². The van der Waals surface area contributed by atoms with Gasteiger partial charge in [0.1, 0.15) is 5.75 Å². The number of alkyl halides is 3. The van der Waals surface area contributed by atoms with E-state index in [1.807, 2.05) is 0 Å². The summed E-state index contributed by atoms with van der Waals surface area (Å²) >= 11 is 5.70. The number of hydrogen-bond acceptors (Lipinski definition) is 1. The predicted octanol–water partition coefficient (Wildman–Crippen LogP) is 3.56. The Bertz CT molecular complexity index is 270. The molecular formula is C8H7Br2FO. The average Bonchev–Trinajstić information content (AvgIpc) is 2.03. The van der Waals surface area contributed by atoms with E-state index in [2.05, 4.69) is 31.9 Å². The molecule has 0 radical (unpaired) electrons. The standard InChI is InChI=1S/C8H7Br2FO/c1-12-7-5-3-2-4-6(7)8(9,10)11/h2-5H,1H3. The first kappa shape index (κ1) is 9.99. The molecule has 0 aliphatic carbocycles. The molecule has 0 aromatic heterocycles. The lowest BCUT2D eigenvalue weighted by Crippen LogP contribution is -2.02. The lowest BCUT2D eigenvalue weighted by Gasteiger charge is -2.13. The zero-order valence-corrected chi connectivity index (χ0v) is 9.52. The van der Waals surface area contributed by atoms with E-state index in [9.17, 15) is 4.39 Å². The molecule has 1 rings (SSSR count). The molecule has 0 spiro atoms. The number of halogens is 3. The van der Waals surface area contributed by atoms with Crippen LogP contribution in [0.25, 0.3) is 0 Å². The number of methoxy groups -OCH3 is 1. The summed E-state index contributed by atoms with van der Waals surface area (Å²) in [7, 11) is 1.50. The summed E-state index contributed by atoms with van der Waals surface area (Å²) in [5.74, 6) is 0.508. The van der Waals surface area contributed by atoms with Crippen molar-refractivity contribution in [2.75, 3.05) is 7.11 Å². The molecule has 0 aliphatic rings. The van der Waals surface area contributed by atoms with Crippen molar-refractivity contribution in [2.24, 2.45) is 0 Å². The molecule has 66 valence electrons. The van der Waals surface area contributed by atoms with Crippen LogP contribution in [0, 0.1) is 0 Å². The Morgan fingerprint density at radius 1 is 1.33 bits per heavy atom. The first-order valence-corrected chi connectivity index (χ1v) is 4.84. The molecule has 0 bridgehead atoms. The molecule has 1 nitrogen and oxygen atoms in total. The van der Waals surface area contributed by atoms with Gasteiger partial charge in [-0.2, -0.15) is 0 Å². The van der Waals surface area contributed by atoms with Gasteiger partial charge in [-0.05, 0) is 37.9 Å². The molecule has 1 aromatic rings. The zero-order chi connectivity index (χ0) is 9.19. The largest absolute Gasteiger partial charge is 0.496 e. The molecule has 0 amide bonds. The molecule has 0 unspecified atom stereocenters. The first-order valence-electron chi connectivity index (χ1n) is 3.26. The van der Waals surface area contributed by atoms with Crippen LogP contribution < -0.4 is 4.74 Å². The topological polar surface area (TPSA) is 9.23 Å². The van der Waals surface area contributed by atoms with Crippen molar-refractivity contribution in [3.05, 3.63) is 29.8 Å². The second-order valence-electron chi connectivity index (χ2n) is 2.20. The van der Waals surface area contributed by atoms with Crippen LogP contribution in [0.5, 0.6) is 5.75 Å². The maximum absolute atomic E-state index is 13.3. The van der Waals surface area contributed by atoms with Gasteiger partial charge in [0.25, 0.3) is 0 Å². The van der Waals surface area contributed by atoms with E-state index in [4.69, 9.17) is 4.74 Å². The monoisotopic (exact) mass is 296 g/mol. The van der Waals surface area contributed by atoms with Crippen molar-refractivity contribution in [3.8, 4) is 5.75 Å². The van der Waals surface area contributed by atoms with Gasteiger partial charge in [-0.25, -0.2) is 4.39 Å². The molecule has 0 fully saturated rings. The quantitative estimate of drug-likeness (QED) is 0.759. The molecule has 0 N–H and O–H groups in total. The number of ether oxygens (including phenoxy) is 1. The van der Waals surface area contributed by atoms with Crippen LogP contribution in [0.3, 0.4) is 0 Å². The van der Waals surface area contributed by atoms with Crippen molar-refractivity contribution in [3.63, 3.8) is 0 Å². The minimum absolute atomic E-state index is 0.424. The molecule has 0 saturated carbocycles. The van der Waals surface area contributed by atoms with E-state index < -0.39 is 3.49 Å². The van der Waals surface area contributed by atoms with E-state index in [-0.39, 0.29) is 0 Å². The van der Waals surface area contributed by atoms with Crippen LogP contribution in [0.1, 0.15) is 5.56 Å². The molecule has 0 atom stereocenters. The highest BCUT2D eigenvalue weighted by atomic mass is 79.9. The third-order valence-electron chi connectivity index (χ3n) is 1.41. The molecule has 12 heavy (non-hydrogen) atoms. The Balaban J connectivity index is 3.14. The fraction of sp³-hybridized carbons (Fsp3) is 0.250. The summed E-state index contributed by atoms with van der Waals surface area (Å²) in [6.07, 6.45) is 0. The third kappa shape index (κ3) is 2.20. The summed E-state index contributed by atoms with van der Waals surface area (Å²) < 4.78 is 16.6. The van der Waals surface area contributed by atoms with Gasteiger partial charge >= 0.3 is 0 Å². The van der Waals surface area contributed by atoms with Crippen molar-refractivity contribution in [1.29, 1.82) is 0 Å². The minimum atomic E-state index is -1.72. The van der Waals surface area contributed by atoms with Crippen LogP contribution in [0.2, 0.25) is 0 Å². The predicted molar refractivity (Wildman–Crippen MR) is 53.6 cm³/mol. The minimum Gasteiger partial charge on any atom is -0.496 e. The average molecular weight is 298 g/mol. The first-order chi connectivity index (χ1) is 5.55. The highest BCUT2D eigenvalue weighted by Gasteiger charge is 2.27. The zero-order valence-electron chi connectivity index (χ0n) is 6.35. The van der Waals surface area contributed by atoms with E-state index >= 15 is 0 Å². The van der Waals surface area contributed by atoms with Gasteiger partial charge < -0.3 is 4.74 Å². The smallest absolute Gasteiger partial charge is 0.247 e. The Morgan fingerprint density at radius 2 is 1.92 bits per heavy atom. The van der Waals surface area contributed by atoms with Crippen LogP contribution in [0.15, 0.2) is 24.3 Å². The molecule has 0 saturated heterocycles. The summed E-state index contributed by atoms with van der Waals surface area (Å²) in [5.41, 5.74) is 0.424. The maximum Gasteiger partial charge on any atom is 0.247 e. The van der Waals surface area contributed by atoms with E-state index in [1.165, 1.54) is 7.11 Å². The maximum atomic E-state index is 13.3. The molecule has 0 heterocycles.